The molecule has 0 saturated carbocycles. The third-order valence-corrected chi connectivity index (χ3v) is 24.5. The molecule has 2 spiro atoms. The Kier molecular flexibility index (Phi) is 13.3. The van der Waals surface area contributed by atoms with Crippen molar-refractivity contribution in [1.82, 2.24) is 4.57 Å². The first-order valence-electron chi connectivity index (χ1n) is 38.6. The molecule has 20 aromatic rings. The average molecular weight is 1430 g/mol. The Bertz CT molecular complexity index is 7190. The Labute approximate surface area is 647 Å². The Morgan fingerprint density at radius 2 is 0.625 bits per heavy atom. The first kappa shape index (κ1) is 62.3. The summed E-state index contributed by atoms with van der Waals surface area (Å²) in [5.74, 6) is 1.90. The van der Waals surface area contributed by atoms with Crippen LogP contribution in [-0.4, -0.2) is 4.57 Å². The lowest BCUT2D eigenvalue weighted by molar-refractivity contribution is 0.506. The standard InChI is InChI=1S/C106H66N4O2/c1-5-30-70(31-6-1)107(71-32-7-2-8-33-71)93-52-26-47-87-99(93)80-41-14-20-45-85(80)106(87)89-66-75(62-64-81(89)98-82-42-17-23-55-96(82)111-103(98)106)109(73-36-11-4-12-37-73)90-51-25-29-69-65-68(59-63-76(69)90)67-57-60-74(61-58-67)108(72-34-9-3-10-35-72)95-54-28-48-88-102(95)101-83-43-18-24-56-97(83)112-104(101)105(88)84-44-19-13-40-79(84)100-86(105)46-27-53-94(100)110-91-49-21-15-38-77(91)78-39-16-22-50-92(78)110/h1-66H. The first-order chi connectivity index (χ1) is 55.6. The molecule has 24 rings (SSSR count). The molecule has 4 aliphatic rings. The van der Waals surface area contributed by atoms with Gasteiger partial charge in [0, 0.05) is 88.9 Å². The van der Waals surface area contributed by atoms with Crippen molar-refractivity contribution in [1.29, 1.82) is 0 Å². The highest BCUT2D eigenvalue weighted by Crippen LogP contribution is 2.70. The van der Waals surface area contributed by atoms with Crippen LogP contribution in [-0.2, 0) is 10.8 Å². The van der Waals surface area contributed by atoms with Crippen molar-refractivity contribution in [3.8, 4) is 61.3 Å². The van der Waals surface area contributed by atoms with E-state index in [1.807, 2.05) is 0 Å². The van der Waals surface area contributed by atoms with E-state index in [1.165, 1.54) is 83.0 Å². The van der Waals surface area contributed by atoms with Gasteiger partial charge in [-0.3, -0.25) is 0 Å². The third-order valence-electron chi connectivity index (χ3n) is 24.5. The minimum atomic E-state index is -0.816. The zero-order valence-electron chi connectivity index (χ0n) is 60.7. The van der Waals surface area contributed by atoms with E-state index in [2.05, 4.69) is 420 Å². The molecule has 522 valence electrons. The fraction of sp³-hybridized carbons (Fsp3) is 0.0189. The van der Waals surface area contributed by atoms with Crippen molar-refractivity contribution in [2.24, 2.45) is 0 Å². The van der Waals surface area contributed by atoms with Crippen LogP contribution in [0.25, 0.3) is 116 Å². The topological polar surface area (TPSA) is 40.9 Å². The van der Waals surface area contributed by atoms with Gasteiger partial charge in [0.1, 0.15) is 33.5 Å². The number of para-hydroxylation sites is 8. The molecule has 6 nitrogen and oxygen atoms in total. The highest BCUT2D eigenvalue weighted by Gasteiger charge is 2.58. The summed E-state index contributed by atoms with van der Waals surface area (Å²) < 4.78 is 17.4. The minimum Gasteiger partial charge on any atom is -0.459 e. The van der Waals surface area contributed by atoms with Gasteiger partial charge in [0.25, 0.3) is 0 Å². The van der Waals surface area contributed by atoms with Gasteiger partial charge >= 0.3 is 0 Å². The molecule has 2 unspecified atom stereocenters. The monoisotopic (exact) mass is 1430 g/mol. The molecule has 2 atom stereocenters. The summed E-state index contributed by atoms with van der Waals surface area (Å²) in [6, 6.07) is 147. The van der Waals surface area contributed by atoms with E-state index in [1.54, 1.807) is 0 Å². The van der Waals surface area contributed by atoms with E-state index in [0.29, 0.717) is 0 Å². The number of nitrogens with zero attached hydrogens (tertiary/aromatic N) is 4. The number of anilines is 9. The predicted molar refractivity (Wildman–Crippen MR) is 460 cm³/mol. The van der Waals surface area contributed by atoms with Crippen molar-refractivity contribution >= 4 is 106 Å². The molecule has 0 saturated heterocycles. The number of furan rings is 2. The number of fused-ring (bicyclic) bond motifs is 28. The number of hydrogen-bond acceptors (Lipinski definition) is 5. The number of hydrogen-bond donors (Lipinski definition) is 0. The van der Waals surface area contributed by atoms with Gasteiger partial charge in [-0.1, -0.05) is 273 Å². The smallest absolute Gasteiger partial charge is 0.135 e. The van der Waals surface area contributed by atoms with E-state index >= 15 is 0 Å². The molecule has 112 heavy (non-hydrogen) atoms. The van der Waals surface area contributed by atoms with Crippen molar-refractivity contribution in [3.05, 3.63) is 445 Å². The first-order valence-corrected chi connectivity index (χ1v) is 38.6. The van der Waals surface area contributed by atoms with Crippen LogP contribution >= 0.6 is 0 Å². The lowest BCUT2D eigenvalue weighted by Gasteiger charge is -2.32. The quantitative estimate of drug-likeness (QED) is 0.129. The van der Waals surface area contributed by atoms with E-state index in [-0.39, 0.29) is 0 Å². The molecule has 4 aliphatic carbocycles. The molecular formula is C106H66N4O2. The Morgan fingerprint density at radius 3 is 1.22 bits per heavy atom. The zero-order chi connectivity index (χ0) is 73.3. The molecule has 3 aromatic heterocycles. The van der Waals surface area contributed by atoms with Crippen LogP contribution in [0.1, 0.15) is 44.9 Å². The Hall–Kier alpha value is -14.7. The van der Waals surface area contributed by atoms with Crippen LogP contribution in [0.4, 0.5) is 51.2 Å². The summed E-state index contributed by atoms with van der Waals surface area (Å²) in [5, 5.41) is 6.94. The van der Waals surface area contributed by atoms with E-state index in [0.717, 1.165) is 129 Å². The summed E-state index contributed by atoms with van der Waals surface area (Å²) in [7, 11) is 0. The second-order valence-corrected chi connectivity index (χ2v) is 30.0. The highest BCUT2D eigenvalue weighted by molar-refractivity contribution is 6.14. The van der Waals surface area contributed by atoms with Crippen LogP contribution in [0.15, 0.2) is 409 Å². The van der Waals surface area contributed by atoms with Crippen LogP contribution in [0, 0.1) is 0 Å². The SMILES string of the molecule is c1ccc(N(c2ccccc2)c2cccc3c2-c2ccccc2C32c3cc(N(c4ccccc4)c4cccc5cc(-c6ccc(N(c7ccccc7)c7cccc8c7-c7c(oc9ccccc79)C87c8ccccc8-c8c(-n9c%10ccccc%10c%10ccccc%109)cccc87)cc6)ccc45)ccc3-c3c2oc2ccccc32)cc1. The zero-order valence-corrected chi connectivity index (χ0v) is 60.7. The Balaban J connectivity index is 0.639. The largest absolute Gasteiger partial charge is 0.459 e. The van der Waals surface area contributed by atoms with Gasteiger partial charge in [0.2, 0.25) is 0 Å². The van der Waals surface area contributed by atoms with Gasteiger partial charge in [0.05, 0.1) is 33.8 Å². The number of aromatic nitrogens is 1. The molecule has 3 heterocycles. The summed E-state index contributed by atoms with van der Waals surface area (Å²) >= 11 is 0. The normalized spacial score (nSPS) is 15.0. The van der Waals surface area contributed by atoms with Gasteiger partial charge < -0.3 is 28.1 Å². The molecule has 17 aromatic carbocycles. The van der Waals surface area contributed by atoms with Crippen LogP contribution in [0.2, 0.25) is 0 Å². The van der Waals surface area contributed by atoms with Crippen LogP contribution in [0.3, 0.4) is 0 Å². The maximum atomic E-state index is 7.50. The summed E-state index contributed by atoms with van der Waals surface area (Å²) in [6.07, 6.45) is 0. The third kappa shape index (κ3) is 8.52. The summed E-state index contributed by atoms with van der Waals surface area (Å²) in [5.41, 5.74) is 32.1. The van der Waals surface area contributed by atoms with Gasteiger partial charge in [0.15, 0.2) is 0 Å². The van der Waals surface area contributed by atoms with Gasteiger partial charge in [-0.2, -0.15) is 0 Å². The summed E-state index contributed by atoms with van der Waals surface area (Å²) in [6.45, 7) is 0. The molecule has 0 amide bonds. The van der Waals surface area contributed by atoms with Gasteiger partial charge in [-0.15, -0.1) is 0 Å². The molecular weight excluding hydrogens is 1360 g/mol. The van der Waals surface area contributed by atoms with Crippen molar-refractivity contribution in [3.63, 3.8) is 0 Å². The summed E-state index contributed by atoms with van der Waals surface area (Å²) in [4.78, 5) is 7.33. The minimum absolute atomic E-state index is 0.791. The van der Waals surface area contributed by atoms with Crippen molar-refractivity contribution in [2.45, 2.75) is 10.8 Å². The number of benzene rings is 17. The predicted octanol–water partition coefficient (Wildman–Crippen LogP) is 28.2. The van der Waals surface area contributed by atoms with Crippen molar-refractivity contribution in [2.75, 3.05) is 14.7 Å². The average Bonchev–Trinajstić information content (AvgIpc) is 1.50. The van der Waals surface area contributed by atoms with E-state index in [4.69, 9.17) is 8.83 Å². The fourth-order valence-electron chi connectivity index (χ4n) is 20.2. The Morgan fingerprint density at radius 1 is 0.223 bits per heavy atom. The van der Waals surface area contributed by atoms with Crippen LogP contribution in [0.5, 0.6) is 0 Å². The van der Waals surface area contributed by atoms with Crippen LogP contribution < -0.4 is 14.7 Å². The maximum Gasteiger partial charge on any atom is 0.135 e. The molecule has 0 radical (unpaired) electrons. The molecule has 0 bridgehead atoms. The lowest BCUT2D eigenvalue weighted by atomic mass is 9.73. The molecule has 6 heteroatoms. The molecule has 0 N–H and O–H groups in total. The second kappa shape index (κ2) is 23.9. The molecule has 0 fully saturated rings. The number of rotatable bonds is 11. The molecule has 0 aliphatic heterocycles. The second-order valence-electron chi connectivity index (χ2n) is 30.0. The van der Waals surface area contributed by atoms with E-state index < -0.39 is 10.8 Å². The lowest BCUT2D eigenvalue weighted by Crippen LogP contribution is -2.26. The van der Waals surface area contributed by atoms with Gasteiger partial charge in [-0.25, -0.2) is 0 Å². The van der Waals surface area contributed by atoms with Crippen molar-refractivity contribution < 1.29 is 8.83 Å². The fourth-order valence-corrected chi connectivity index (χ4v) is 20.2. The van der Waals surface area contributed by atoms with E-state index in [9.17, 15) is 0 Å². The maximum absolute atomic E-state index is 7.50. The highest BCUT2D eigenvalue weighted by atomic mass is 16.3. The van der Waals surface area contributed by atoms with Gasteiger partial charge in [-0.05, 0) is 194 Å².